The van der Waals surface area contributed by atoms with Gasteiger partial charge in [-0.05, 0) is 35.5 Å². The zero-order valence-electron chi connectivity index (χ0n) is 13.9. The standard InChI is InChI=1S/C21H21N3S/c25-21(22-16-17-10-4-1-5-11-17)24-20(18-12-6-2-7-13-18)23-19-14-8-3-9-15-19/h1-15,20,23H,16H2,(H2,22,24,25). The summed E-state index contributed by atoms with van der Waals surface area (Å²) >= 11 is 5.48. The average Bonchev–Trinajstić information content (AvgIpc) is 2.68. The summed E-state index contributed by atoms with van der Waals surface area (Å²) in [6, 6.07) is 30.5. The van der Waals surface area contributed by atoms with Crippen molar-refractivity contribution in [3.63, 3.8) is 0 Å². The zero-order chi connectivity index (χ0) is 17.3. The fourth-order valence-corrected chi connectivity index (χ4v) is 2.70. The first-order chi connectivity index (χ1) is 12.3. The minimum absolute atomic E-state index is 0.112. The number of anilines is 1. The quantitative estimate of drug-likeness (QED) is 0.454. The van der Waals surface area contributed by atoms with Gasteiger partial charge in [-0.15, -0.1) is 0 Å². The van der Waals surface area contributed by atoms with E-state index in [0.29, 0.717) is 11.7 Å². The van der Waals surface area contributed by atoms with E-state index in [1.807, 2.05) is 66.7 Å². The van der Waals surface area contributed by atoms with Crippen molar-refractivity contribution in [2.24, 2.45) is 0 Å². The molecule has 0 aliphatic rings. The number of para-hydroxylation sites is 1. The average molecular weight is 347 g/mol. The van der Waals surface area contributed by atoms with Crippen LogP contribution >= 0.6 is 12.2 Å². The topological polar surface area (TPSA) is 36.1 Å². The molecule has 0 fully saturated rings. The van der Waals surface area contributed by atoms with E-state index in [0.717, 1.165) is 11.3 Å². The van der Waals surface area contributed by atoms with Crippen molar-refractivity contribution in [3.05, 3.63) is 102 Å². The van der Waals surface area contributed by atoms with Crippen molar-refractivity contribution in [1.29, 1.82) is 0 Å². The van der Waals surface area contributed by atoms with Crippen molar-refractivity contribution < 1.29 is 0 Å². The van der Waals surface area contributed by atoms with E-state index in [-0.39, 0.29) is 6.17 Å². The number of hydrogen-bond acceptors (Lipinski definition) is 2. The van der Waals surface area contributed by atoms with Gasteiger partial charge >= 0.3 is 0 Å². The molecule has 0 amide bonds. The van der Waals surface area contributed by atoms with Crippen LogP contribution in [0.5, 0.6) is 0 Å². The van der Waals surface area contributed by atoms with E-state index in [4.69, 9.17) is 12.2 Å². The highest BCUT2D eigenvalue weighted by atomic mass is 32.1. The lowest BCUT2D eigenvalue weighted by Gasteiger charge is -2.23. The van der Waals surface area contributed by atoms with Crippen LogP contribution in [0.1, 0.15) is 17.3 Å². The highest BCUT2D eigenvalue weighted by molar-refractivity contribution is 7.80. The van der Waals surface area contributed by atoms with Crippen LogP contribution in [-0.2, 0) is 6.54 Å². The summed E-state index contributed by atoms with van der Waals surface area (Å²) in [5.74, 6) is 0. The minimum Gasteiger partial charge on any atom is -0.362 e. The zero-order valence-corrected chi connectivity index (χ0v) is 14.7. The number of thiocarbonyl (C=S) groups is 1. The molecule has 3 nitrogen and oxygen atoms in total. The second-order valence-corrected chi connectivity index (χ2v) is 6.07. The fourth-order valence-electron chi connectivity index (χ4n) is 2.51. The predicted octanol–water partition coefficient (Wildman–Crippen LogP) is 4.46. The fraction of sp³-hybridized carbons (Fsp3) is 0.0952. The lowest BCUT2D eigenvalue weighted by Crippen LogP contribution is -2.40. The highest BCUT2D eigenvalue weighted by Gasteiger charge is 2.12. The Bertz CT molecular complexity index is 776. The van der Waals surface area contributed by atoms with Gasteiger partial charge in [-0.2, -0.15) is 0 Å². The van der Waals surface area contributed by atoms with E-state index < -0.39 is 0 Å². The van der Waals surface area contributed by atoms with Gasteiger partial charge in [0, 0.05) is 12.2 Å². The summed E-state index contributed by atoms with van der Waals surface area (Å²) in [6.45, 7) is 0.694. The van der Waals surface area contributed by atoms with Crippen molar-refractivity contribution in [1.82, 2.24) is 10.6 Å². The molecular formula is C21H21N3S. The number of nitrogens with one attached hydrogen (secondary N) is 3. The van der Waals surface area contributed by atoms with Crippen molar-refractivity contribution in [3.8, 4) is 0 Å². The molecule has 0 heterocycles. The van der Waals surface area contributed by atoms with E-state index in [1.165, 1.54) is 5.56 Å². The maximum atomic E-state index is 5.48. The van der Waals surface area contributed by atoms with E-state index in [1.54, 1.807) is 0 Å². The number of rotatable bonds is 6. The van der Waals surface area contributed by atoms with Gasteiger partial charge in [-0.1, -0.05) is 78.9 Å². The third-order valence-electron chi connectivity index (χ3n) is 3.79. The minimum atomic E-state index is -0.112. The monoisotopic (exact) mass is 347 g/mol. The largest absolute Gasteiger partial charge is 0.362 e. The molecule has 0 aromatic heterocycles. The van der Waals surface area contributed by atoms with Crippen LogP contribution in [-0.4, -0.2) is 5.11 Å². The first-order valence-corrected chi connectivity index (χ1v) is 8.67. The van der Waals surface area contributed by atoms with Crippen molar-refractivity contribution in [2.75, 3.05) is 5.32 Å². The summed E-state index contributed by atoms with van der Waals surface area (Å²) in [5.41, 5.74) is 3.35. The van der Waals surface area contributed by atoms with E-state index in [2.05, 4.69) is 40.2 Å². The second-order valence-electron chi connectivity index (χ2n) is 5.67. The molecule has 3 aromatic rings. The number of hydrogen-bond donors (Lipinski definition) is 3. The molecule has 0 bridgehead atoms. The van der Waals surface area contributed by atoms with Gasteiger partial charge in [0.2, 0.25) is 0 Å². The molecule has 0 aliphatic heterocycles. The van der Waals surface area contributed by atoms with Crippen LogP contribution in [0.25, 0.3) is 0 Å². The van der Waals surface area contributed by atoms with Gasteiger partial charge in [-0.25, -0.2) is 0 Å². The number of benzene rings is 3. The summed E-state index contributed by atoms with van der Waals surface area (Å²) in [5, 5.41) is 10.7. The van der Waals surface area contributed by atoms with Crippen LogP contribution in [0.4, 0.5) is 5.69 Å². The first kappa shape index (κ1) is 17.0. The third kappa shape index (κ3) is 5.33. The molecule has 126 valence electrons. The first-order valence-electron chi connectivity index (χ1n) is 8.26. The Balaban J connectivity index is 1.66. The van der Waals surface area contributed by atoms with Gasteiger partial charge in [0.1, 0.15) is 6.17 Å². The third-order valence-corrected chi connectivity index (χ3v) is 4.05. The smallest absolute Gasteiger partial charge is 0.168 e. The molecule has 3 rings (SSSR count). The molecule has 4 heteroatoms. The molecule has 1 unspecified atom stereocenters. The Morgan fingerprint density at radius 3 is 1.96 bits per heavy atom. The van der Waals surface area contributed by atoms with Crippen LogP contribution in [0.15, 0.2) is 91.0 Å². The Hall–Kier alpha value is -2.85. The normalized spacial score (nSPS) is 11.4. The lowest BCUT2D eigenvalue weighted by molar-refractivity contribution is 0.712. The van der Waals surface area contributed by atoms with Gasteiger partial charge < -0.3 is 16.0 Å². The molecule has 3 N–H and O–H groups in total. The molecule has 0 radical (unpaired) electrons. The lowest BCUT2D eigenvalue weighted by atomic mass is 10.1. The molecule has 0 saturated carbocycles. The second kappa shape index (κ2) is 8.85. The predicted molar refractivity (Wildman–Crippen MR) is 108 cm³/mol. The van der Waals surface area contributed by atoms with Gasteiger partial charge in [0.15, 0.2) is 5.11 Å². The maximum absolute atomic E-state index is 5.48. The van der Waals surface area contributed by atoms with Crippen molar-refractivity contribution >= 4 is 23.0 Å². The Morgan fingerprint density at radius 2 is 1.32 bits per heavy atom. The van der Waals surface area contributed by atoms with Crippen LogP contribution in [0.3, 0.4) is 0 Å². The van der Waals surface area contributed by atoms with Gasteiger partial charge in [0.25, 0.3) is 0 Å². The molecule has 25 heavy (non-hydrogen) atoms. The molecular weight excluding hydrogens is 326 g/mol. The summed E-state index contributed by atoms with van der Waals surface area (Å²) < 4.78 is 0. The Kier molecular flexibility index (Phi) is 6.01. The molecule has 0 saturated heterocycles. The maximum Gasteiger partial charge on any atom is 0.168 e. The molecule has 3 aromatic carbocycles. The molecule has 1 atom stereocenters. The van der Waals surface area contributed by atoms with Gasteiger partial charge in [-0.3, -0.25) is 0 Å². The van der Waals surface area contributed by atoms with E-state index >= 15 is 0 Å². The van der Waals surface area contributed by atoms with Crippen LogP contribution < -0.4 is 16.0 Å². The summed E-state index contributed by atoms with van der Waals surface area (Å²) in [6.07, 6.45) is -0.112. The summed E-state index contributed by atoms with van der Waals surface area (Å²) in [7, 11) is 0. The Labute approximate surface area is 154 Å². The van der Waals surface area contributed by atoms with Gasteiger partial charge in [0.05, 0.1) is 0 Å². The van der Waals surface area contributed by atoms with Crippen LogP contribution in [0, 0.1) is 0 Å². The van der Waals surface area contributed by atoms with E-state index in [9.17, 15) is 0 Å². The summed E-state index contributed by atoms with van der Waals surface area (Å²) in [4.78, 5) is 0. The molecule has 0 aliphatic carbocycles. The Morgan fingerprint density at radius 1 is 0.760 bits per heavy atom. The van der Waals surface area contributed by atoms with Crippen molar-refractivity contribution in [2.45, 2.75) is 12.7 Å². The molecule has 0 spiro atoms. The SMILES string of the molecule is S=C(NCc1ccccc1)NC(Nc1ccccc1)c1ccccc1. The van der Waals surface area contributed by atoms with Crippen LogP contribution in [0.2, 0.25) is 0 Å². The highest BCUT2D eigenvalue weighted by Crippen LogP contribution is 2.17.